The fourth-order valence-corrected chi connectivity index (χ4v) is 1.97. The Labute approximate surface area is 105 Å². The molecule has 0 aromatic carbocycles. The van der Waals surface area contributed by atoms with E-state index >= 15 is 0 Å². The lowest BCUT2D eigenvalue weighted by molar-refractivity contribution is -0.121. The van der Waals surface area contributed by atoms with Gasteiger partial charge in [-0.3, -0.25) is 4.79 Å². The summed E-state index contributed by atoms with van der Waals surface area (Å²) in [7, 11) is 0. The van der Waals surface area contributed by atoms with Gasteiger partial charge in [-0.25, -0.2) is 0 Å². The molecule has 3 heteroatoms. The summed E-state index contributed by atoms with van der Waals surface area (Å²) in [4.78, 5) is 11.5. The fraction of sp³-hybridized carbons (Fsp3) is 0.786. The van der Waals surface area contributed by atoms with Gasteiger partial charge in [-0.05, 0) is 46.5 Å². The summed E-state index contributed by atoms with van der Waals surface area (Å²) in [6, 6.07) is 0. The molecule has 0 fully saturated rings. The molecule has 0 bridgehead atoms. The van der Waals surface area contributed by atoms with Gasteiger partial charge in [0, 0.05) is 25.0 Å². The van der Waals surface area contributed by atoms with Crippen LogP contribution < -0.4 is 10.6 Å². The number of hydrogen-bond donors (Lipinski definition) is 2. The van der Waals surface area contributed by atoms with Crippen molar-refractivity contribution in [2.24, 2.45) is 0 Å². The van der Waals surface area contributed by atoms with E-state index in [-0.39, 0.29) is 11.4 Å². The summed E-state index contributed by atoms with van der Waals surface area (Å²) >= 11 is 0. The van der Waals surface area contributed by atoms with Crippen LogP contribution in [0.3, 0.4) is 0 Å². The van der Waals surface area contributed by atoms with Gasteiger partial charge in [0.1, 0.15) is 0 Å². The molecule has 0 saturated carbocycles. The largest absolute Gasteiger partial charge is 0.356 e. The van der Waals surface area contributed by atoms with Crippen molar-refractivity contribution in [3.8, 4) is 0 Å². The van der Waals surface area contributed by atoms with Gasteiger partial charge < -0.3 is 10.6 Å². The molecule has 0 aliphatic heterocycles. The highest BCUT2D eigenvalue weighted by molar-refractivity contribution is 5.76. The lowest BCUT2D eigenvalue weighted by atomic mass is 10.1. The molecular formula is C14H26N2O. The van der Waals surface area contributed by atoms with E-state index in [1.165, 1.54) is 24.8 Å². The van der Waals surface area contributed by atoms with Crippen LogP contribution in [0.15, 0.2) is 11.6 Å². The predicted molar refractivity (Wildman–Crippen MR) is 71.9 cm³/mol. The lowest BCUT2D eigenvalue weighted by Crippen LogP contribution is -2.38. The third kappa shape index (κ3) is 7.16. The third-order valence-corrected chi connectivity index (χ3v) is 2.91. The Hall–Kier alpha value is -0.830. The van der Waals surface area contributed by atoms with Crippen LogP contribution in [-0.4, -0.2) is 24.5 Å². The Morgan fingerprint density at radius 1 is 1.35 bits per heavy atom. The van der Waals surface area contributed by atoms with Gasteiger partial charge in [-0.15, -0.1) is 0 Å². The molecule has 0 heterocycles. The molecular weight excluding hydrogens is 212 g/mol. The first-order valence-electron chi connectivity index (χ1n) is 6.67. The molecule has 3 nitrogen and oxygen atoms in total. The number of amides is 1. The van der Waals surface area contributed by atoms with E-state index in [1.807, 2.05) is 0 Å². The fourth-order valence-electron chi connectivity index (χ4n) is 1.97. The average Bonchev–Trinajstić information content (AvgIpc) is 2.68. The first-order chi connectivity index (χ1) is 7.97. The molecule has 0 unspecified atom stereocenters. The highest BCUT2D eigenvalue weighted by atomic mass is 16.1. The smallest absolute Gasteiger partial charge is 0.221 e. The van der Waals surface area contributed by atoms with Crippen LogP contribution in [0, 0.1) is 0 Å². The molecule has 0 aromatic rings. The number of allylic oxidation sites excluding steroid dienone is 1. The van der Waals surface area contributed by atoms with Crippen LogP contribution in [-0.2, 0) is 4.79 Å². The molecule has 0 atom stereocenters. The van der Waals surface area contributed by atoms with E-state index in [4.69, 9.17) is 0 Å². The normalized spacial score (nSPS) is 15.8. The Morgan fingerprint density at radius 2 is 2.12 bits per heavy atom. The number of carbonyl (C=O) groups is 1. The van der Waals surface area contributed by atoms with E-state index in [2.05, 4.69) is 37.5 Å². The quantitative estimate of drug-likeness (QED) is 0.698. The van der Waals surface area contributed by atoms with Crippen LogP contribution in [0.25, 0.3) is 0 Å². The molecule has 1 aliphatic rings. The monoisotopic (exact) mass is 238 g/mol. The SMILES string of the molecule is CC(C)(C)NCCC(=O)NCCC1=CCCC1. The average molecular weight is 238 g/mol. The molecule has 2 N–H and O–H groups in total. The zero-order valence-electron chi connectivity index (χ0n) is 11.4. The number of rotatable bonds is 6. The first kappa shape index (κ1) is 14.2. The van der Waals surface area contributed by atoms with Gasteiger partial charge in [0.25, 0.3) is 0 Å². The minimum absolute atomic E-state index is 0.0922. The zero-order chi connectivity index (χ0) is 12.7. The summed E-state index contributed by atoms with van der Waals surface area (Å²) < 4.78 is 0. The minimum atomic E-state index is 0.0922. The maximum atomic E-state index is 11.5. The van der Waals surface area contributed by atoms with E-state index in [9.17, 15) is 4.79 Å². The molecule has 98 valence electrons. The number of hydrogen-bond acceptors (Lipinski definition) is 2. The lowest BCUT2D eigenvalue weighted by Gasteiger charge is -2.20. The highest BCUT2D eigenvalue weighted by Gasteiger charge is 2.09. The van der Waals surface area contributed by atoms with Crippen molar-refractivity contribution >= 4 is 5.91 Å². The van der Waals surface area contributed by atoms with Gasteiger partial charge in [-0.2, -0.15) is 0 Å². The second-order valence-corrected chi connectivity index (χ2v) is 5.78. The van der Waals surface area contributed by atoms with Gasteiger partial charge in [0.15, 0.2) is 0 Å². The number of carbonyl (C=O) groups excluding carboxylic acids is 1. The van der Waals surface area contributed by atoms with Crippen molar-refractivity contribution in [3.05, 3.63) is 11.6 Å². The summed E-state index contributed by atoms with van der Waals surface area (Å²) in [5, 5.41) is 6.29. The summed E-state index contributed by atoms with van der Waals surface area (Å²) in [5.41, 5.74) is 1.60. The summed E-state index contributed by atoms with van der Waals surface area (Å²) in [5.74, 6) is 0.153. The topological polar surface area (TPSA) is 41.1 Å². The Balaban J connectivity index is 2.01. The maximum absolute atomic E-state index is 11.5. The second kappa shape index (κ2) is 6.80. The Bertz CT molecular complexity index is 276. The van der Waals surface area contributed by atoms with Crippen LogP contribution in [0.5, 0.6) is 0 Å². The van der Waals surface area contributed by atoms with E-state index in [0.717, 1.165) is 19.5 Å². The van der Waals surface area contributed by atoms with E-state index < -0.39 is 0 Å². The number of nitrogens with one attached hydrogen (secondary N) is 2. The first-order valence-corrected chi connectivity index (χ1v) is 6.67. The molecule has 1 rings (SSSR count). The second-order valence-electron chi connectivity index (χ2n) is 5.78. The van der Waals surface area contributed by atoms with Crippen LogP contribution in [0.4, 0.5) is 0 Å². The van der Waals surface area contributed by atoms with Crippen molar-refractivity contribution in [2.75, 3.05) is 13.1 Å². The molecule has 1 aliphatic carbocycles. The van der Waals surface area contributed by atoms with Gasteiger partial charge in [0.2, 0.25) is 5.91 Å². The highest BCUT2D eigenvalue weighted by Crippen LogP contribution is 2.19. The van der Waals surface area contributed by atoms with Crippen LogP contribution >= 0.6 is 0 Å². The van der Waals surface area contributed by atoms with Crippen molar-refractivity contribution in [3.63, 3.8) is 0 Å². The summed E-state index contributed by atoms with van der Waals surface area (Å²) in [6.45, 7) is 7.87. The maximum Gasteiger partial charge on any atom is 0.221 e. The van der Waals surface area contributed by atoms with Crippen molar-refractivity contribution in [1.29, 1.82) is 0 Å². The predicted octanol–water partition coefficient (Wildman–Crippen LogP) is 2.38. The zero-order valence-corrected chi connectivity index (χ0v) is 11.4. The molecule has 17 heavy (non-hydrogen) atoms. The van der Waals surface area contributed by atoms with Gasteiger partial charge in [0.05, 0.1) is 0 Å². The molecule has 0 aromatic heterocycles. The molecule has 0 radical (unpaired) electrons. The van der Waals surface area contributed by atoms with Crippen LogP contribution in [0.2, 0.25) is 0 Å². The van der Waals surface area contributed by atoms with E-state index in [1.54, 1.807) is 0 Å². The van der Waals surface area contributed by atoms with Gasteiger partial charge >= 0.3 is 0 Å². The molecule has 0 spiro atoms. The Morgan fingerprint density at radius 3 is 2.71 bits per heavy atom. The molecule has 1 amide bonds. The molecule has 0 saturated heterocycles. The minimum Gasteiger partial charge on any atom is -0.356 e. The standard InChI is InChI=1S/C14H26N2O/c1-14(2,3)16-11-9-13(17)15-10-8-12-6-4-5-7-12/h6,16H,4-5,7-11H2,1-3H3,(H,15,17). The van der Waals surface area contributed by atoms with Crippen molar-refractivity contribution < 1.29 is 4.79 Å². The summed E-state index contributed by atoms with van der Waals surface area (Å²) in [6.07, 6.45) is 7.64. The van der Waals surface area contributed by atoms with Crippen molar-refractivity contribution in [1.82, 2.24) is 10.6 Å². The van der Waals surface area contributed by atoms with Gasteiger partial charge in [-0.1, -0.05) is 11.6 Å². The van der Waals surface area contributed by atoms with Crippen molar-refractivity contribution in [2.45, 2.75) is 58.4 Å². The Kier molecular flexibility index (Phi) is 5.69. The third-order valence-electron chi connectivity index (χ3n) is 2.91. The van der Waals surface area contributed by atoms with E-state index in [0.29, 0.717) is 6.42 Å². The van der Waals surface area contributed by atoms with Crippen LogP contribution in [0.1, 0.15) is 52.9 Å².